The molecule has 0 fully saturated rings. The fourth-order valence-electron chi connectivity index (χ4n) is 1.65. The van der Waals surface area contributed by atoms with E-state index in [1.165, 1.54) is 0 Å². The molecule has 104 valence electrons. The van der Waals surface area contributed by atoms with E-state index < -0.39 is 0 Å². The Bertz CT molecular complexity index is 586. The summed E-state index contributed by atoms with van der Waals surface area (Å²) < 4.78 is 10.2. The predicted octanol–water partition coefficient (Wildman–Crippen LogP) is 2.37. The molecule has 0 spiro atoms. The number of rotatable bonds is 5. The summed E-state index contributed by atoms with van der Waals surface area (Å²) in [7, 11) is 1.61. The maximum absolute atomic E-state index is 11.8. The van der Waals surface area contributed by atoms with Crippen molar-refractivity contribution in [2.75, 3.05) is 7.11 Å². The highest BCUT2D eigenvalue weighted by atomic mass is 16.5. The summed E-state index contributed by atoms with van der Waals surface area (Å²) in [6.45, 7) is 1.77. The third-order valence-corrected chi connectivity index (χ3v) is 2.75. The second kappa shape index (κ2) is 6.56. The van der Waals surface area contributed by atoms with Crippen molar-refractivity contribution in [3.63, 3.8) is 0 Å². The summed E-state index contributed by atoms with van der Waals surface area (Å²) in [6.07, 6.45) is 1.83. The van der Waals surface area contributed by atoms with Crippen LogP contribution in [0.2, 0.25) is 0 Å². The van der Waals surface area contributed by atoms with Gasteiger partial charge < -0.3 is 9.15 Å². The molecule has 0 atom stereocenters. The van der Waals surface area contributed by atoms with Crippen molar-refractivity contribution in [1.82, 2.24) is 5.43 Å². The lowest BCUT2D eigenvalue weighted by atomic mass is 10.1. The van der Waals surface area contributed by atoms with Gasteiger partial charge in [-0.15, -0.1) is 0 Å². The second-order valence-electron chi connectivity index (χ2n) is 4.23. The number of carbonyl (C=O) groups is 1. The molecule has 5 nitrogen and oxygen atoms in total. The lowest BCUT2D eigenvalue weighted by Crippen LogP contribution is -2.21. The standard InChI is InChI=1S/C15H16N2O3/c1-11(14-4-3-9-20-14)16-17-15(18)10-12-5-7-13(19-2)8-6-12/h3-9H,10H2,1-2H3,(H,17,18)/b16-11+. The Morgan fingerprint density at radius 3 is 2.65 bits per heavy atom. The second-order valence-corrected chi connectivity index (χ2v) is 4.23. The first-order valence-corrected chi connectivity index (χ1v) is 6.19. The fraction of sp³-hybridized carbons (Fsp3) is 0.200. The Morgan fingerprint density at radius 2 is 2.05 bits per heavy atom. The minimum absolute atomic E-state index is 0.180. The van der Waals surface area contributed by atoms with Crippen molar-refractivity contribution in [1.29, 1.82) is 0 Å². The molecular weight excluding hydrogens is 256 g/mol. The maximum Gasteiger partial charge on any atom is 0.244 e. The van der Waals surface area contributed by atoms with Crippen LogP contribution < -0.4 is 10.2 Å². The number of carbonyl (C=O) groups excluding carboxylic acids is 1. The van der Waals surface area contributed by atoms with E-state index in [0.29, 0.717) is 11.5 Å². The summed E-state index contributed by atoms with van der Waals surface area (Å²) in [5, 5.41) is 4.00. The highest BCUT2D eigenvalue weighted by molar-refractivity contribution is 5.96. The predicted molar refractivity (Wildman–Crippen MR) is 75.8 cm³/mol. The van der Waals surface area contributed by atoms with Crippen LogP contribution in [0, 0.1) is 0 Å². The number of hydrogen-bond acceptors (Lipinski definition) is 4. The van der Waals surface area contributed by atoms with Crippen LogP contribution in [0.15, 0.2) is 52.2 Å². The molecule has 0 aliphatic rings. The van der Waals surface area contributed by atoms with E-state index >= 15 is 0 Å². The quantitative estimate of drug-likeness (QED) is 0.671. The van der Waals surface area contributed by atoms with Gasteiger partial charge in [-0.3, -0.25) is 4.79 Å². The Kier molecular flexibility index (Phi) is 4.55. The van der Waals surface area contributed by atoms with Crippen molar-refractivity contribution < 1.29 is 13.9 Å². The molecule has 1 heterocycles. The van der Waals surface area contributed by atoms with Crippen LogP contribution in [0.5, 0.6) is 5.75 Å². The zero-order valence-electron chi connectivity index (χ0n) is 11.4. The molecule has 20 heavy (non-hydrogen) atoms. The Hall–Kier alpha value is -2.56. The van der Waals surface area contributed by atoms with Crippen molar-refractivity contribution in [2.24, 2.45) is 5.10 Å². The highest BCUT2D eigenvalue weighted by Crippen LogP contribution is 2.11. The number of furan rings is 1. The number of hydrogen-bond donors (Lipinski definition) is 1. The maximum atomic E-state index is 11.8. The van der Waals surface area contributed by atoms with Crippen LogP contribution in [0.25, 0.3) is 0 Å². The molecule has 1 amide bonds. The number of hydrazone groups is 1. The summed E-state index contributed by atoms with van der Waals surface area (Å²) in [5.41, 5.74) is 4.03. The topological polar surface area (TPSA) is 63.8 Å². The zero-order chi connectivity index (χ0) is 14.4. The fourth-order valence-corrected chi connectivity index (χ4v) is 1.65. The first-order chi connectivity index (χ1) is 9.69. The van der Waals surface area contributed by atoms with Crippen molar-refractivity contribution in [3.8, 4) is 5.75 Å². The van der Waals surface area contributed by atoms with Gasteiger partial charge in [0.15, 0.2) is 0 Å². The normalized spacial score (nSPS) is 11.2. The van der Waals surface area contributed by atoms with Crippen LogP contribution in [0.1, 0.15) is 18.2 Å². The van der Waals surface area contributed by atoms with Gasteiger partial charge >= 0.3 is 0 Å². The van der Waals surface area contributed by atoms with E-state index in [1.807, 2.05) is 24.3 Å². The average molecular weight is 272 g/mol. The van der Waals surface area contributed by atoms with E-state index in [-0.39, 0.29) is 12.3 Å². The lowest BCUT2D eigenvalue weighted by Gasteiger charge is -2.03. The van der Waals surface area contributed by atoms with E-state index in [9.17, 15) is 4.79 Å². The molecule has 0 aliphatic carbocycles. The van der Waals surface area contributed by atoms with Gasteiger partial charge in [0.25, 0.3) is 0 Å². The number of amides is 1. The minimum Gasteiger partial charge on any atom is -0.497 e. The van der Waals surface area contributed by atoms with E-state index in [0.717, 1.165) is 11.3 Å². The molecule has 0 aliphatic heterocycles. The van der Waals surface area contributed by atoms with Crippen LogP contribution in [0.4, 0.5) is 0 Å². The SMILES string of the molecule is COc1ccc(CC(=O)N/N=C(\C)c2ccco2)cc1. The zero-order valence-corrected chi connectivity index (χ0v) is 11.4. The van der Waals surface area contributed by atoms with Gasteiger partial charge in [0.05, 0.1) is 19.8 Å². The number of ether oxygens (including phenoxy) is 1. The molecule has 0 saturated carbocycles. The first-order valence-electron chi connectivity index (χ1n) is 6.19. The molecule has 0 bridgehead atoms. The van der Waals surface area contributed by atoms with Crippen molar-refractivity contribution in [2.45, 2.75) is 13.3 Å². The minimum atomic E-state index is -0.180. The number of benzene rings is 1. The van der Waals surface area contributed by atoms with E-state index in [4.69, 9.17) is 9.15 Å². The number of nitrogens with zero attached hydrogens (tertiary/aromatic N) is 1. The van der Waals surface area contributed by atoms with E-state index in [2.05, 4.69) is 10.5 Å². The van der Waals surface area contributed by atoms with Gasteiger partial charge in [-0.05, 0) is 36.8 Å². The smallest absolute Gasteiger partial charge is 0.244 e. The molecule has 0 radical (unpaired) electrons. The monoisotopic (exact) mass is 272 g/mol. The van der Waals surface area contributed by atoms with Gasteiger partial charge in [0.2, 0.25) is 5.91 Å². The largest absolute Gasteiger partial charge is 0.497 e. The molecule has 2 aromatic rings. The van der Waals surface area contributed by atoms with Crippen molar-refractivity contribution in [3.05, 3.63) is 54.0 Å². The molecule has 1 aromatic carbocycles. The van der Waals surface area contributed by atoms with Gasteiger partial charge in [-0.1, -0.05) is 12.1 Å². The molecular formula is C15H16N2O3. The number of methoxy groups -OCH3 is 1. The number of nitrogens with one attached hydrogen (secondary N) is 1. The highest BCUT2D eigenvalue weighted by Gasteiger charge is 2.04. The van der Waals surface area contributed by atoms with Crippen LogP contribution in [0.3, 0.4) is 0 Å². The van der Waals surface area contributed by atoms with Gasteiger partial charge in [-0.25, -0.2) is 5.43 Å². The van der Waals surface area contributed by atoms with Crippen molar-refractivity contribution >= 4 is 11.6 Å². The van der Waals surface area contributed by atoms with Crippen LogP contribution >= 0.6 is 0 Å². The average Bonchev–Trinajstić information content (AvgIpc) is 3.00. The summed E-state index contributed by atoms with van der Waals surface area (Å²) in [5.74, 6) is 1.22. The van der Waals surface area contributed by atoms with Crippen LogP contribution in [-0.4, -0.2) is 18.7 Å². The Balaban J connectivity index is 1.90. The third kappa shape index (κ3) is 3.71. The molecule has 0 saturated heterocycles. The van der Waals surface area contributed by atoms with Gasteiger partial charge in [0.1, 0.15) is 17.2 Å². The summed E-state index contributed by atoms with van der Waals surface area (Å²) >= 11 is 0. The molecule has 2 rings (SSSR count). The lowest BCUT2D eigenvalue weighted by molar-refractivity contribution is -0.120. The van der Waals surface area contributed by atoms with E-state index in [1.54, 1.807) is 32.4 Å². The molecule has 1 aromatic heterocycles. The summed E-state index contributed by atoms with van der Waals surface area (Å²) in [6, 6.07) is 10.9. The van der Waals surface area contributed by atoms with Gasteiger partial charge in [0, 0.05) is 0 Å². The first kappa shape index (κ1) is 13.9. The summed E-state index contributed by atoms with van der Waals surface area (Å²) in [4.78, 5) is 11.8. The Morgan fingerprint density at radius 1 is 1.30 bits per heavy atom. The van der Waals surface area contributed by atoms with Crippen LogP contribution in [-0.2, 0) is 11.2 Å². The Labute approximate surface area is 117 Å². The molecule has 0 unspecified atom stereocenters. The molecule has 5 heteroatoms. The molecule has 1 N–H and O–H groups in total. The third-order valence-electron chi connectivity index (χ3n) is 2.75. The van der Waals surface area contributed by atoms with Gasteiger partial charge in [-0.2, -0.15) is 5.10 Å².